The van der Waals surface area contributed by atoms with Crippen molar-refractivity contribution in [3.8, 4) is 0 Å². The van der Waals surface area contributed by atoms with Gasteiger partial charge in [-0.2, -0.15) is 0 Å². The number of hydrogen-bond donors (Lipinski definition) is 0. The van der Waals surface area contributed by atoms with Crippen molar-refractivity contribution < 1.29 is 9.53 Å². The average molecular weight is 238 g/mol. The number of rotatable bonds is 8. The lowest BCUT2D eigenvalue weighted by atomic mass is 10.1. The Balaban J connectivity index is 2.00. The molecule has 0 bridgehead atoms. The fraction of sp³-hybridized carbons (Fsp3) is 0.800. The van der Waals surface area contributed by atoms with E-state index in [1.807, 2.05) is 6.92 Å². The van der Waals surface area contributed by atoms with Crippen molar-refractivity contribution in [1.82, 2.24) is 0 Å². The van der Waals surface area contributed by atoms with E-state index in [0.29, 0.717) is 0 Å². The highest BCUT2D eigenvalue weighted by molar-refractivity contribution is 5.90. The van der Waals surface area contributed by atoms with Crippen LogP contribution in [0.4, 0.5) is 0 Å². The van der Waals surface area contributed by atoms with Gasteiger partial charge < -0.3 is 4.74 Å². The predicted octanol–water partition coefficient (Wildman–Crippen LogP) is 4.39. The highest BCUT2D eigenvalue weighted by Crippen LogP contribution is 2.20. The molecule has 0 aromatic rings. The normalized spacial score (nSPS) is 22.1. The number of carbonyl (C=O) groups excluding carboxylic acids is 1. The summed E-state index contributed by atoms with van der Waals surface area (Å²) in [7, 11) is 0. The maximum absolute atomic E-state index is 11.3. The third-order valence-corrected chi connectivity index (χ3v) is 3.28. The number of carbonyl (C=O) groups is 1. The molecule has 0 radical (unpaired) electrons. The molecule has 1 rings (SSSR count). The Labute approximate surface area is 105 Å². The molecule has 1 atom stereocenters. The third-order valence-electron chi connectivity index (χ3n) is 3.28. The minimum Gasteiger partial charge on any atom is -0.459 e. The molecule has 0 N–H and O–H groups in total. The first-order valence-electron chi connectivity index (χ1n) is 7.14. The summed E-state index contributed by atoms with van der Waals surface area (Å²) in [5.41, 5.74) is 0.892. The second-order valence-corrected chi connectivity index (χ2v) is 5.06. The average Bonchev–Trinajstić information content (AvgIpc) is 2.61. The highest BCUT2D eigenvalue weighted by Gasteiger charge is 2.24. The first kappa shape index (κ1) is 14.3. The molecule has 0 amide bonds. The summed E-state index contributed by atoms with van der Waals surface area (Å²) >= 11 is 0. The van der Waals surface area contributed by atoms with Crippen molar-refractivity contribution in [1.29, 1.82) is 0 Å². The van der Waals surface area contributed by atoms with Crippen molar-refractivity contribution in [3.63, 3.8) is 0 Å². The van der Waals surface area contributed by atoms with Crippen molar-refractivity contribution in [2.45, 2.75) is 77.7 Å². The highest BCUT2D eigenvalue weighted by atomic mass is 16.5. The van der Waals surface area contributed by atoms with Crippen LogP contribution < -0.4 is 0 Å². The van der Waals surface area contributed by atoms with Crippen molar-refractivity contribution in [3.05, 3.63) is 11.6 Å². The summed E-state index contributed by atoms with van der Waals surface area (Å²) < 4.78 is 5.09. The van der Waals surface area contributed by atoms with Gasteiger partial charge in [0.2, 0.25) is 0 Å². The Morgan fingerprint density at radius 3 is 2.41 bits per heavy atom. The molecule has 0 aliphatic carbocycles. The molecule has 17 heavy (non-hydrogen) atoms. The Kier molecular flexibility index (Phi) is 6.99. The monoisotopic (exact) mass is 238 g/mol. The third kappa shape index (κ3) is 5.90. The zero-order valence-electron chi connectivity index (χ0n) is 11.3. The number of cyclic esters (lactones) is 1. The standard InChI is InChI=1S/C15H26O2/c1-3-4-5-6-7-8-9-10-11-14-12-13(2)17-15(14)16/h11,13H,3-10,12H2,1-2H3. The van der Waals surface area contributed by atoms with Crippen LogP contribution in [0.25, 0.3) is 0 Å². The number of hydrogen-bond acceptors (Lipinski definition) is 2. The summed E-state index contributed by atoms with van der Waals surface area (Å²) in [4.78, 5) is 11.3. The van der Waals surface area contributed by atoms with Crippen LogP contribution in [-0.2, 0) is 9.53 Å². The molecule has 1 fully saturated rings. The second kappa shape index (κ2) is 8.32. The molecular weight excluding hydrogens is 212 g/mol. The van der Waals surface area contributed by atoms with E-state index in [2.05, 4.69) is 13.0 Å². The molecule has 1 saturated heterocycles. The van der Waals surface area contributed by atoms with Crippen LogP contribution >= 0.6 is 0 Å². The molecule has 1 aliphatic rings. The van der Waals surface area contributed by atoms with E-state index in [9.17, 15) is 4.79 Å². The Morgan fingerprint density at radius 1 is 1.18 bits per heavy atom. The van der Waals surface area contributed by atoms with E-state index in [1.165, 1.54) is 44.9 Å². The molecule has 98 valence electrons. The van der Waals surface area contributed by atoms with Gasteiger partial charge in [0, 0.05) is 12.0 Å². The predicted molar refractivity (Wildman–Crippen MR) is 70.9 cm³/mol. The number of ether oxygens (including phenoxy) is 1. The maximum atomic E-state index is 11.3. The summed E-state index contributed by atoms with van der Waals surface area (Å²) in [6.07, 6.45) is 13.3. The quantitative estimate of drug-likeness (QED) is 0.356. The SMILES string of the molecule is CCCCCCCCCC=C1CC(C)OC1=O. The lowest BCUT2D eigenvalue weighted by Gasteiger charge is -1.99. The van der Waals surface area contributed by atoms with Crippen LogP contribution in [0.1, 0.15) is 71.6 Å². The van der Waals surface area contributed by atoms with Gasteiger partial charge in [-0.05, 0) is 19.8 Å². The van der Waals surface area contributed by atoms with Crippen molar-refractivity contribution in [2.75, 3.05) is 0 Å². The topological polar surface area (TPSA) is 26.3 Å². The molecule has 1 heterocycles. The van der Waals surface area contributed by atoms with Gasteiger partial charge in [0.15, 0.2) is 0 Å². The van der Waals surface area contributed by atoms with Crippen LogP contribution in [0, 0.1) is 0 Å². The molecule has 1 unspecified atom stereocenters. The Hall–Kier alpha value is -0.790. The summed E-state index contributed by atoms with van der Waals surface area (Å²) in [6, 6.07) is 0. The van der Waals surface area contributed by atoms with Gasteiger partial charge in [0.1, 0.15) is 6.10 Å². The zero-order chi connectivity index (χ0) is 12.5. The second-order valence-electron chi connectivity index (χ2n) is 5.06. The molecule has 1 aliphatic heterocycles. The van der Waals surface area contributed by atoms with Crippen LogP contribution in [0.5, 0.6) is 0 Å². The fourth-order valence-corrected chi connectivity index (χ4v) is 2.24. The van der Waals surface area contributed by atoms with Gasteiger partial charge in [-0.25, -0.2) is 4.79 Å². The number of allylic oxidation sites excluding steroid dienone is 1. The molecule has 0 aromatic heterocycles. The van der Waals surface area contributed by atoms with E-state index in [4.69, 9.17) is 4.74 Å². The van der Waals surface area contributed by atoms with Crippen LogP contribution in [0.3, 0.4) is 0 Å². The zero-order valence-corrected chi connectivity index (χ0v) is 11.3. The lowest BCUT2D eigenvalue weighted by molar-refractivity contribution is -0.138. The van der Waals surface area contributed by atoms with Crippen molar-refractivity contribution >= 4 is 5.97 Å². The van der Waals surface area contributed by atoms with Gasteiger partial charge in [0.05, 0.1) is 0 Å². The molecule has 2 nitrogen and oxygen atoms in total. The first-order valence-corrected chi connectivity index (χ1v) is 7.14. The van der Waals surface area contributed by atoms with Gasteiger partial charge in [-0.15, -0.1) is 0 Å². The summed E-state index contributed by atoms with van der Waals surface area (Å²) in [6.45, 7) is 4.19. The smallest absolute Gasteiger partial charge is 0.334 e. The van der Waals surface area contributed by atoms with E-state index in [1.54, 1.807) is 0 Å². The minimum absolute atomic E-state index is 0.0859. The van der Waals surface area contributed by atoms with Crippen LogP contribution in [0.15, 0.2) is 11.6 Å². The number of unbranched alkanes of at least 4 members (excludes halogenated alkanes) is 7. The van der Waals surface area contributed by atoms with E-state index < -0.39 is 0 Å². The fourth-order valence-electron chi connectivity index (χ4n) is 2.24. The number of esters is 1. The van der Waals surface area contributed by atoms with E-state index in [-0.39, 0.29) is 12.1 Å². The molecule has 0 saturated carbocycles. The molecular formula is C15H26O2. The minimum atomic E-state index is -0.0968. The van der Waals surface area contributed by atoms with Gasteiger partial charge >= 0.3 is 5.97 Å². The molecule has 0 aromatic carbocycles. The Bertz CT molecular complexity index is 256. The lowest BCUT2D eigenvalue weighted by Crippen LogP contribution is -1.99. The van der Waals surface area contributed by atoms with Crippen LogP contribution in [-0.4, -0.2) is 12.1 Å². The van der Waals surface area contributed by atoms with E-state index in [0.717, 1.165) is 18.4 Å². The summed E-state index contributed by atoms with van der Waals surface area (Å²) in [5, 5.41) is 0. The molecule has 2 heteroatoms. The van der Waals surface area contributed by atoms with Crippen LogP contribution in [0.2, 0.25) is 0 Å². The first-order chi connectivity index (χ1) is 8.24. The van der Waals surface area contributed by atoms with Gasteiger partial charge in [-0.1, -0.05) is 51.5 Å². The molecule has 0 spiro atoms. The largest absolute Gasteiger partial charge is 0.459 e. The van der Waals surface area contributed by atoms with Crippen molar-refractivity contribution in [2.24, 2.45) is 0 Å². The maximum Gasteiger partial charge on any atom is 0.334 e. The van der Waals surface area contributed by atoms with Gasteiger partial charge in [0.25, 0.3) is 0 Å². The summed E-state index contributed by atoms with van der Waals surface area (Å²) in [5.74, 6) is -0.0968. The van der Waals surface area contributed by atoms with E-state index >= 15 is 0 Å². The Morgan fingerprint density at radius 2 is 1.82 bits per heavy atom. The van der Waals surface area contributed by atoms with Gasteiger partial charge in [-0.3, -0.25) is 0 Å².